The van der Waals surface area contributed by atoms with E-state index in [0.29, 0.717) is 0 Å². The zero-order valence-corrected chi connectivity index (χ0v) is 9.52. The Morgan fingerprint density at radius 1 is 1.20 bits per heavy atom. The smallest absolute Gasteiger partial charge is 0.123 e. The number of thioether (sulfide) groups is 1. The molecule has 1 aromatic rings. The van der Waals surface area contributed by atoms with Gasteiger partial charge in [-0.2, -0.15) is 0 Å². The van der Waals surface area contributed by atoms with Crippen LogP contribution in [0.4, 0.5) is 4.39 Å². The van der Waals surface area contributed by atoms with Crippen LogP contribution in [-0.4, -0.2) is 18.8 Å². The third-order valence-electron chi connectivity index (χ3n) is 2.76. The number of halogens is 1. The Hall–Kier alpha value is -0.540. The average molecular weight is 225 g/mol. The summed E-state index contributed by atoms with van der Waals surface area (Å²) in [5.74, 6) is 1.83. The first-order valence-corrected chi connectivity index (χ1v) is 6.42. The maximum absolute atomic E-state index is 12.7. The molecule has 0 spiro atoms. The molecule has 3 heteroatoms. The van der Waals surface area contributed by atoms with Crippen molar-refractivity contribution in [2.75, 3.05) is 18.8 Å². The largest absolute Gasteiger partial charge is 0.317 e. The fraction of sp³-hybridized carbons (Fsp3) is 0.500. The van der Waals surface area contributed by atoms with E-state index < -0.39 is 0 Å². The van der Waals surface area contributed by atoms with Gasteiger partial charge in [0.05, 0.1) is 0 Å². The Labute approximate surface area is 94.5 Å². The quantitative estimate of drug-likeness (QED) is 0.794. The monoisotopic (exact) mass is 225 g/mol. The van der Waals surface area contributed by atoms with Crippen LogP contribution >= 0.6 is 11.8 Å². The summed E-state index contributed by atoms with van der Waals surface area (Å²) in [5, 5.41) is 3.36. The van der Waals surface area contributed by atoms with Gasteiger partial charge in [-0.25, -0.2) is 4.39 Å². The Bertz CT molecular complexity index is 293. The van der Waals surface area contributed by atoms with E-state index in [-0.39, 0.29) is 5.82 Å². The SMILES string of the molecule is Fc1ccc(SCC2CCNCC2)cc1. The molecule has 15 heavy (non-hydrogen) atoms. The zero-order valence-electron chi connectivity index (χ0n) is 8.71. The third-order valence-corrected chi connectivity index (χ3v) is 4.00. The zero-order chi connectivity index (χ0) is 10.5. The second kappa shape index (κ2) is 5.52. The van der Waals surface area contributed by atoms with Crippen LogP contribution in [0.5, 0.6) is 0 Å². The molecule has 0 aromatic heterocycles. The highest BCUT2D eigenvalue weighted by molar-refractivity contribution is 7.99. The van der Waals surface area contributed by atoms with Crippen molar-refractivity contribution < 1.29 is 4.39 Å². The molecule has 1 N–H and O–H groups in total. The first-order chi connectivity index (χ1) is 7.34. The summed E-state index contributed by atoms with van der Waals surface area (Å²) in [7, 11) is 0. The van der Waals surface area contributed by atoms with Gasteiger partial charge in [0.1, 0.15) is 5.82 Å². The molecule has 1 fully saturated rings. The minimum Gasteiger partial charge on any atom is -0.317 e. The van der Waals surface area contributed by atoms with Crippen molar-refractivity contribution in [2.45, 2.75) is 17.7 Å². The van der Waals surface area contributed by atoms with E-state index >= 15 is 0 Å². The number of benzene rings is 1. The predicted molar refractivity (Wildman–Crippen MR) is 62.7 cm³/mol. The van der Waals surface area contributed by atoms with Gasteiger partial charge in [0, 0.05) is 10.6 Å². The lowest BCUT2D eigenvalue weighted by Gasteiger charge is -2.21. The van der Waals surface area contributed by atoms with Gasteiger partial charge in [-0.1, -0.05) is 0 Å². The van der Waals surface area contributed by atoms with Crippen molar-refractivity contribution in [3.8, 4) is 0 Å². The second-order valence-electron chi connectivity index (χ2n) is 3.96. The molecule has 1 aliphatic heterocycles. The number of nitrogens with one attached hydrogen (secondary N) is 1. The Morgan fingerprint density at radius 2 is 1.87 bits per heavy atom. The Kier molecular flexibility index (Phi) is 4.03. The van der Waals surface area contributed by atoms with Gasteiger partial charge in [-0.05, 0) is 56.1 Å². The summed E-state index contributed by atoms with van der Waals surface area (Å²) in [6, 6.07) is 6.79. The lowest BCUT2D eigenvalue weighted by Crippen LogP contribution is -2.28. The molecule has 1 aliphatic rings. The summed E-state index contributed by atoms with van der Waals surface area (Å²) in [4.78, 5) is 1.18. The maximum atomic E-state index is 12.7. The van der Waals surface area contributed by atoms with E-state index in [2.05, 4.69) is 5.32 Å². The second-order valence-corrected chi connectivity index (χ2v) is 5.05. The molecule has 0 bridgehead atoms. The summed E-state index contributed by atoms with van der Waals surface area (Å²) >= 11 is 1.84. The van der Waals surface area contributed by atoms with Crippen LogP contribution in [0.15, 0.2) is 29.2 Å². The third kappa shape index (κ3) is 3.50. The summed E-state index contributed by atoms with van der Waals surface area (Å²) in [6.45, 7) is 2.29. The van der Waals surface area contributed by atoms with Crippen LogP contribution in [0.1, 0.15) is 12.8 Å². The molecule has 0 saturated carbocycles. The topological polar surface area (TPSA) is 12.0 Å². The lowest BCUT2D eigenvalue weighted by atomic mass is 10.0. The van der Waals surface area contributed by atoms with Crippen LogP contribution in [0.3, 0.4) is 0 Å². The highest BCUT2D eigenvalue weighted by Crippen LogP contribution is 2.24. The molecule has 0 atom stereocenters. The van der Waals surface area contributed by atoms with Gasteiger partial charge in [-0.15, -0.1) is 11.8 Å². The molecule has 1 aromatic carbocycles. The fourth-order valence-electron chi connectivity index (χ4n) is 1.79. The van der Waals surface area contributed by atoms with Crippen molar-refractivity contribution in [2.24, 2.45) is 5.92 Å². The molecule has 1 heterocycles. The van der Waals surface area contributed by atoms with Crippen LogP contribution in [-0.2, 0) is 0 Å². The lowest BCUT2D eigenvalue weighted by molar-refractivity contribution is 0.408. The van der Waals surface area contributed by atoms with E-state index in [4.69, 9.17) is 0 Å². The van der Waals surface area contributed by atoms with Crippen LogP contribution in [0.2, 0.25) is 0 Å². The number of hydrogen-bond donors (Lipinski definition) is 1. The molecule has 82 valence electrons. The van der Waals surface area contributed by atoms with Crippen molar-refractivity contribution >= 4 is 11.8 Å². The number of piperidine rings is 1. The van der Waals surface area contributed by atoms with Gasteiger partial charge in [0.15, 0.2) is 0 Å². The normalized spacial score (nSPS) is 17.9. The molecule has 0 aliphatic carbocycles. The van der Waals surface area contributed by atoms with Crippen LogP contribution in [0.25, 0.3) is 0 Å². The van der Waals surface area contributed by atoms with Crippen LogP contribution < -0.4 is 5.32 Å². The van der Waals surface area contributed by atoms with E-state index in [1.807, 2.05) is 23.9 Å². The number of rotatable bonds is 3. The van der Waals surface area contributed by atoms with Crippen molar-refractivity contribution in [1.82, 2.24) is 5.32 Å². The fourth-order valence-corrected chi connectivity index (χ4v) is 2.88. The molecule has 1 saturated heterocycles. The van der Waals surface area contributed by atoms with E-state index in [0.717, 1.165) is 24.8 Å². The van der Waals surface area contributed by atoms with E-state index in [9.17, 15) is 4.39 Å². The Balaban J connectivity index is 1.79. The van der Waals surface area contributed by atoms with Gasteiger partial charge in [0.25, 0.3) is 0 Å². The molecule has 0 amide bonds. The van der Waals surface area contributed by atoms with Crippen molar-refractivity contribution in [3.05, 3.63) is 30.1 Å². The summed E-state index contributed by atoms with van der Waals surface area (Å²) in [5.41, 5.74) is 0. The van der Waals surface area contributed by atoms with E-state index in [1.54, 1.807) is 0 Å². The number of hydrogen-bond acceptors (Lipinski definition) is 2. The van der Waals surface area contributed by atoms with Gasteiger partial charge >= 0.3 is 0 Å². The van der Waals surface area contributed by atoms with Crippen molar-refractivity contribution in [1.29, 1.82) is 0 Å². The van der Waals surface area contributed by atoms with E-state index in [1.165, 1.54) is 29.9 Å². The predicted octanol–water partition coefficient (Wildman–Crippen LogP) is 2.92. The standard InChI is InChI=1S/C12H16FNS/c13-11-1-3-12(4-2-11)15-9-10-5-7-14-8-6-10/h1-4,10,14H,5-9H2. The minimum absolute atomic E-state index is 0.152. The molecular formula is C12H16FNS. The molecule has 1 nitrogen and oxygen atoms in total. The van der Waals surface area contributed by atoms with Crippen molar-refractivity contribution in [3.63, 3.8) is 0 Å². The average Bonchev–Trinajstić information content (AvgIpc) is 2.30. The summed E-state index contributed by atoms with van der Waals surface area (Å²) in [6.07, 6.45) is 2.54. The van der Waals surface area contributed by atoms with Crippen LogP contribution in [0, 0.1) is 11.7 Å². The maximum Gasteiger partial charge on any atom is 0.123 e. The molecule has 0 unspecified atom stereocenters. The molecule has 2 rings (SSSR count). The molecular weight excluding hydrogens is 209 g/mol. The van der Waals surface area contributed by atoms with Gasteiger partial charge in [0.2, 0.25) is 0 Å². The Morgan fingerprint density at radius 3 is 2.53 bits per heavy atom. The van der Waals surface area contributed by atoms with Gasteiger partial charge in [-0.3, -0.25) is 0 Å². The van der Waals surface area contributed by atoms with Gasteiger partial charge < -0.3 is 5.32 Å². The summed E-state index contributed by atoms with van der Waals surface area (Å²) < 4.78 is 12.7. The highest BCUT2D eigenvalue weighted by Gasteiger charge is 2.12. The minimum atomic E-state index is -0.152. The first-order valence-electron chi connectivity index (χ1n) is 5.44. The molecule has 0 radical (unpaired) electrons. The first kappa shape index (κ1) is 11.0. The highest BCUT2D eigenvalue weighted by atomic mass is 32.2.